The van der Waals surface area contributed by atoms with E-state index < -0.39 is 17.5 Å². The zero-order valence-electron chi connectivity index (χ0n) is 20.4. The molecule has 0 heterocycles. The normalized spacial score (nSPS) is 40.6. The number of nitrogens with zero attached hydrogens (tertiary/aromatic N) is 1. The van der Waals surface area contributed by atoms with Crippen molar-refractivity contribution in [1.29, 1.82) is 0 Å². The molecule has 7 atom stereocenters. The van der Waals surface area contributed by atoms with Gasteiger partial charge in [-0.3, -0.25) is 14.4 Å². The van der Waals surface area contributed by atoms with Crippen LogP contribution in [0, 0.1) is 34.5 Å². The Hall–Kier alpha value is -1.73. The van der Waals surface area contributed by atoms with Crippen LogP contribution in [0.15, 0.2) is 11.6 Å². The van der Waals surface area contributed by atoms with Crippen molar-refractivity contribution < 1.29 is 24.2 Å². The second-order valence-corrected chi connectivity index (χ2v) is 10.8. The van der Waals surface area contributed by atoms with Crippen molar-refractivity contribution in [2.75, 3.05) is 34.3 Å². The van der Waals surface area contributed by atoms with E-state index in [0.29, 0.717) is 13.0 Å². The molecule has 3 aliphatic carbocycles. The molecule has 7 nitrogen and oxygen atoms in total. The molecule has 7 unspecified atom stereocenters. The van der Waals surface area contributed by atoms with E-state index in [9.17, 15) is 19.5 Å². The Kier molecular flexibility index (Phi) is 7.20. The molecule has 0 aromatic heterocycles. The summed E-state index contributed by atoms with van der Waals surface area (Å²) in [7, 11) is 5.28. The number of aliphatic hydroxyl groups is 1. The van der Waals surface area contributed by atoms with Crippen molar-refractivity contribution in [2.24, 2.45) is 34.5 Å². The van der Waals surface area contributed by atoms with Crippen LogP contribution in [-0.4, -0.2) is 68.1 Å². The molecule has 3 rings (SSSR count). The summed E-state index contributed by atoms with van der Waals surface area (Å²) >= 11 is 0. The molecule has 3 aliphatic rings. The summed E-state index contributed by atoms with van der Waals surface area (Å²) in [6.45, 7) is 7.40. The Morgan fingerprint density at radius 3 is 2.59 bits per heavy atom. The molecular formula is C25H40N2O5. The molecule has 32 heavy (non-hydrogen) atoms. The fourth-order valence-electron chi connectivity index (χ4n) is 6.94. The van der Waals surface area contributed by atoms with Crippen LogP contribution in [0.5, 0.6) is 0 Å². The molecule has 2 N–H and O–H groups in total. The van der Waals surface area contributed by atoms with E-state index in [1.165, 1.54) is 7.11 Å². The lowest BCUT2D eigenvalue weighted by Gasteiger charge is -2.61. The third-order valence-electron chi connectivity index (χ3n) is 8.89. The molecule has 3 saturated carbocycles. The van der Waals surface area contributed by atoms with E-state index in [2.05, 4.69) is 19.2 Å². The molecular weight excluding hydrogens is 408 g/mol. The second-order valence-electron chi connectivity index (χ2n) is 10.8. The van der Waals surface area contributed by atoms with Gasteiger partial charge in [-0.25, -0.2) is 0 Å². The highest BCUT2D eigenvalue weighted by molar-refractivity contribution is 5.89. The van der Waals surface area contributed by atoms with E-state index in [4.69, 9.17) is 4.74 Å². The number of hydrogen-bond acceptors (Lipinski definition) is 6. The van der Waals surface area contributed by atoms with E-state index in [1.54, 1.807) is 13.0 Å². The first-order valence-corrected chi connectivity index (χ1v) is 11.9. The SMILES string of the molecule is COC(=O)C1(C)C(O)CCC2(C)C3CCC(=CC(=O)NCCN(C)C)C(C)C3C(=O)CC21. The number of allylic oxidation sites excluding steroid dienone is 1. The number of aliphatic hydroxyl groups excluding tert-OH is 1. The molecule has 0 aromatic carbocycles. The summed E-state index contributed by atoms with van der Waals surface area (Å²) < 4.78 is 5.09. The lowest BCUT2D eigenvalue weighted by atomic mass is 9.42. The summed E-state index contributed by atoms with van der Waals surface area (Å²) in [4.78, 5) is 40.7. The number of carbonyl (C=O) groups is 3. The minimum absolute atomic E-state index is 0.00476. The molecule has 180 valence electrons. The number of esters is 1. The maximum Gasteiger partial charge on any atom is 0.314 e. The molecule has 1 amide bonds. The summed E-state index contributed by atoms with van der Waals surface area (Å²) in [5.41, 5.74) is -0.265. The van der Waals surface area contributed by atoms with Crippen LogP contribution in [0.1, 0.15) is 52.9 Å². The molecule has 7 heteroatoms. The van der Waals surface area contributed by atoms with Crippen LogP contribution in [0.3, 0.4) is 0 Å². The number of methoxy groups -OCH3 is 1. The molecule has 3 fully saturated rings. The maximum absolute atomic E-state index is 13.5. The number of rotatable bonds is 5. The number of nitrogens with one attached hydrogen (secondary N) is 1. The summed E-state index contributed by atoms with van der Waals surface area (Å²) in [6, 6.07) is 0. The Morgan fingerprint density at radius 2 is 1.97 bits per heavy atom. The largest absolute Gasteiger partial charge is 0.469 e. The van der Waals surface area contributed by atoms with Crippen molar-refractivity contribution in [3.8, 4) is 0 Å². The van der Waals surface area contributed by atoms with Crippen molar-refractivity contribution >= 4 is 17.7 Å². The average molecular weight is 449 g/mol. The Balaban J connectivity index is 1.84. The number of Topliss-reactive ketones (excluding diaryl/α,β-unsaturated/α-hetero) is 1. The highest BCUT2D eigenvalue weighted by Crippen LogP contribution is 2.64. The van der Waals surface area contributed by atoms with E-state index in [0.717, 1.165) is 31.4 Å². The molecule has 0 saturated heterocycles. The van der Waals surface area contributed by atoms with Gasteiger partial charge in [0.2, 0.25) is 5.91 Å². The van der Waals surface area contributed by atoms with Gasteiger partial charge < -0.3 is 20.1 Å². The summed E-state index contributed by atoms with van der Waals surface area (Å²) in [5.74, 6) is -0.642. The quantitative estimate of drug-likeness (QED) is 0.494. The van der Waals surface area contributed by atoms with Gasteiger partial charge in [0.15, 0.2) is 0 Å². The first-order valence-electron chi connectivity index (χ1n) is 11.9. The summed E-state index contributed by atoms with van der Waals surface area (Å²) in [6.07, 6.45) is 4.07. The highest BCUT2D eigenvalue weighted by atomic mass is 16.5. The van der Waals surface area contributed by atoms with Crippen LogP contribution in [0.25, 0.3) is 0 Å². The van der Waals surface area contributed by atoms with Crippen molar-refractivity contribution in [1.82, 2.24) is 10.2 Å². The van der Waals surface area contributed by atoms with Gasteiger partial charge in [0.05, 0.1) is 18.6 Å². The number of ether oxygens (including phenoxy) is 1. The van der Waals surface area contributed by atoms with Crippen LogP contribution < -0.4 is 5.32 Å². The number of ketones is 1. The number of carbonyl (C=O) groups excluding carboxylic acids is 3. The second kappa shape index (κ2) is 9.26. The van der Waals surface area contributed by atoms with E-state index in [-0.39, 0.29) is 47.2 Å². The highest BCUT2D eigenvalue weighted by Gasteiger charge is 2.65. The Labute approximate surface area is 191 Å². The number of likely N-dealkylation sites (N-methyl/N-ethyl adjacent to an activating group) is 1. The lowest BCUT2D eigenvalue weighted by molar-refractivity contribution is -0.197. The van der Waals surface area contributed by atoms with Gasteiger partial charge in [-0.15, -0.1) is 0 Å². The smallest absolute Gasteiger partial charge is 0.314 e. The zero-order valence-corrected chi connectivity index (χ0v) is 20.4. The van der Waals surface area contributed by atoms with Crippen LogP contribution in [-0.2, 0) is 19.1 Å². The summed E-state index contributed by atoms with van der Waals surface area (Å²) in [5, 5.41) is 13.7. The minimum Gasteiger partial charge on any atom is -0.469 e. The average Bonchev–Trinajstić information content (AvgIpc) is 2.73. The molecule has 0 aromatic rings. The maximum atomic E-state index is 13.5. The van der Waals surface area contributed by atoms with E-state index >= 15 is 0 Å². The molecule has 0 radical (unpaired) electrons. The lowest BCUT2D eigenvalue weighted by Crippen LogP contribution is -2.63. The van der Waals surface area contributed by atoms with Crippen molar-refractivity contribution in [2.45, 2.75) is 59.0 Å². The number of fused-ring (bicyclic) bond motifs is 3. The van der Waals surface area contributed by atoms with Gasteiger partial charge in [0.1, 0.15) is 5.78 Å². The third kappa shape index (κ3) is 4.14. The van der Waals surface area contributed by atoms with Gasteiger partial charge in [0.25, 0.3) is 0 Å². The van der Waals surface area contributed by atoms with Crippen molar-refractivity contribution in [3.05, 3.63) is 11.6 Å². The first-order chi connectivity index (χ1) is 15.0. The predicted octanol–water partition coefficient (Wildman–Crippen LogP) is 2.18. The monoisotopic (exact) mass is 448 g/mol. The third-order valence-corrected chi connectivity index (χ3v) is 8.89. The van der Waals surface area contributed by atoms with Gasteiger partial charge >= 0.3 is 5.97 Å². The zero-order chi connectivity index (χ0) is 23.8. The minimum atomic E-state index is -1.08. The van der Waals surface area contributed by atoms with E-state index in [1.807, 2.05) is 19.0 Å². The fourth-order valence-corrected chi connectivity index (χ4v) is 6.94. The molecule has 0 aliphatic heterocycles. The molecule has 0 spiro atoms. The van der Waals surface area contributed by atoms with Crippen LogP contribution in [0.4, 0.5) is 0 Å². The van der Waals surface area contributed by atoms with Crippen LogP contribution in [0.2, 0.25) is 0 Å². The van der Waals surface area contributed by atoms with Crippen molar-refractivity contribution in [3.63, 3.8) is 0 Å². The standard InChI is InChI=1S/C25H40N2O5/c1-15-16(13-21(30)26-11-12-27(4)5)7-8-17-22(15)18(28)14-19-24(17,2)10-9-20(29)25(19,3)23(31)32-6/h13,15,17,19-20,22,29H,7-12,14H2,1-6H3,(H,26,30). The topological polar surface area (TPSA) is 95.9 Å². The van der Waals surface area contributed by atoms with Gasteiger partial charge in [-0.1, -0.05) is 19.4 Å². The Morgan fingerprint density at radius 1 is 1.28 bits per heavy atom. The van der Waals surface area contributed by atoms with Gasteiger partial charge in [0, 0.05) is 31.5 Å². The Bertz CT molecular complexity index is 793. The molecule has 0 bridgehead atoms. The predicted molar refractivity (Wildman–Crippen MR) is 122 cm³/mol. The van der Waals surface area contributed by atoms with Gasteiger partial charge in [-0.05, 0) is 69.9 Å². The number of hydrogen-bond donors (Lipinski definition) is 2. The first kappa shape index (κ1) is 24.9. The fraction of sp³-hybridized carbons (Fsp3) is 0.800. The van der Waals surface area contributed by atoms with Gasteiger partial charge in [-0.2, -0.15) is 0 Å². The van der Waals surface area contributed by atoms with Crippen LogP contribution >= 0.6 is 0 Å². The number of amides is 1.